The molecule has 1 N–H and O–H groups in total. The number of nitrogens with one attached hydrogen (secondary N) is 1. The summed E-state index contributed by atoms with van der Waals surface area (Å²) in [6.45, 7) is 0.0667. The van der Waals surface area contributed by atoms with Crippen LogP contribution in [0.3, 0.4) is 0 Å². The second-order valence-electron chi connectivity index (χ2n) is 9.59. The van der Waals surface area contributed by atoms with Crippen molar-refractivity contribution in [2.45, 2.75) is 31.3 Å². The summed E-state index contributed by atoms with van der Waals surface area (Å²) in [5, 5.41) is 14.9. The Balaban J connectivity index is 1.84. The van der Waals surface area contributed by atoms with Crippen molar-refractivity contribution >= 4 is 23.3 Å². The van der Waals surface area contributed by atoms with Crippen LogP contribution in [0.25, 0.3) is 0 Å². The Morgan fingerprint density at radius 2 is 1.94 bits per heavy atom. The van der Waals surface area contributed by atoms with Gasteiger partial charge in [-0.05, 0) is 30.2 Å². The van der Waals surface area contributed by atoms with Crippen molar-refractivity contribution in [3.63, 3.8) is 0 Å². The molecule has 7 heteroatoms. The van der Waals surface area contributed by atoms with Crippen LogP contribution in [-0.4, -0.2) is 63.0 Å². The summed E-state index contributed by atoms with van der Waals surface area (Å²) in [6.07, 6.45) is 7.73. The number of rotatable bonds is 5. The molecule has 1 amide bonds. The summed E-state index contributed by atoms with van der Waals surface area (Å²) in [5.74, 6) is 1.29. The molecule has 1 aliphatic heterocycles. The number of hydrogen-bond donors (Lipinski definition) is 1. The maximum atomic E-state index is 12.4. The molecule has 0 bridgehead atoms. The smallest absolute Gasteiger partial charge is 0.252 e. The number of carboxylic acids is 1. The first-order chi connectivity index (χ1) is 16.7. The minimum Gasteiger partial charge on any atom is -0.545 e. The van der Waals surface area contributed by atoms with E-state index in [4.69, 9.17) is 11.2 Å². The first-order valence-corrected chi connectivity index (χ1v) is 11.8. The van der Waals surface area contributed by atoms with Gasteiger partial charge in [0.2, 0.25) is 0 Å². The minimum atomic E-state index is -1.31. The fourth-order valence-corrected chi connectivity index (χ4v) is 5.25. The summed E-state index contributed by atoms with van der Waals surface area (Å²) in [6, 6.07) is 10.9. The van der Waals surface area contributed by atoms with E-state index in [1.807, 2.05) is 51.3 Å². The first-order valence-electron chi connectivity index (χ1n) is 11.8. The molecule has 35 heavy (non-hydrogen) atoms. The average molecular weight is 474 g/mol. The van der Waals surface area contributed by atoms with E-state index in [0.29, 0.717) is 5.56 Å². The van der Waals surface area contributed by atoms with Gasteiger partial charge in [-0.3, -0.25) is 4.79 Å². The van der Waals surface area contributed by atoms with E-state index in [1.54, 1.807) is 12.1 Å². The number of hydrogen-bond acceptors (Lipinski definition) is 5. The standard InChI is InChI=1S/C28H31N3O4/c1-6-13-29-27(32)17-7-10-20(23(14-17)28(33)34)26-21-11-8-18(30(2)3)15-24(21)35-25-16-19(31(4)5)9-12-22(25)26/h1,7-8,10-11,14-15,22,25-26H,9,12-13,16H2,2-5H3,(H-,29,32,33,34). The van der Waals surface area contributed by atoms with Gasteiger partial charge in [-0.2, -0.15) is 0 Å². The van der Waals surface area contributed by atoms with Crippen LogP contribution in [-0.2, 0) is 0 Å². The number of anilines is 1. The number of benzene rings is 2. The molecule has 7 nitrogen and oxygen atoms in total. The van der Waals surface area contributed by atoms with Crippen molar-refractivity contribution < 1.29 is 24.0 Å². The molecule has 1 aliphatic carbocycles. The highest BCUT2D eigenvalue weighted by atomic mass is 16.5. The number of ether oxygens (including phenoxy) is 1. The van der Waals surface area contributed by atoms with Gasteiger partial charge in [-0.1, -0.05) is 18.1 Å². The van der Waals surface area contributed by atoms with Gasteiger partial charge >= 0.3 is 0 Å². The predicted octanol–water partition coefficient (Wildman–Crippen LogP) is 1.89. The highest BCUT2D eigenvalue weighted by Crippen LogP contribution is 2.50. The number of carboxylic acid groups (broad SMARTS) is 1. The number of amides is 1. The van der Waals surface area contributed by atoms with Crippen LogP contribution in [0.1, 0.15) is 57.0 Å². The van der Waals surface area contributed by atoms with Crippen molar-refractivity contribution in [1.82, 2.24) is 5.32 Å². The maximum Gasteiger partial charge on any atom is 0.252 e. The number of carbonyl (C=O) groups is 2. The molecule has 3 atom stereocenters. The third kappa shape index (κ3) is 4.74. The number of carbonyl (C=O) groups excluding carboxylic acids is 2. The highest BCUT2D eigenvalue weighted by molar-refractivity contribution is 5.98. The summed E-state index contributed by atoms with van der Waals surface area (Å²) in [7, 11) is 8.04. The Morgan fingerprint density at radius 1 is 1.20 bits per heavy atom. The van der Waals surface area contributed by atoms with Gasteiger partial charge in [-0.15, -0.1) is 6.42 Å². The Morgan fingerprint density at radius 3 is 2.60 bits per heavy atom. The lowest BCUT2D eigenvalue weighted by Crippen LogP contribution is -2.43. The SMILES string of the molecule is C#CCNC(=O)c1ccc(C2c3ccc(N(C)C)cc3OC3CC(=[N+](C)C)CCC32)c(C(=O)[O-])c1. The summed E-state index contributed by atoms with van der Waals surface area (Å²) < 4.78 is 8.69. The molecular formula is C28H31N3O4. The normalized spacial score (nSPS) is 20.5. The molecule has 0 radical (unpaired) electrons. The molecule has 2 aromatic rings. The molecule has 2 aromatic carbocycles. The third-order valence-corrected chi connectivity index (χ3v) is 7.09. The van der Waals surface area contributed by atoms with E-state index < -0.39 is 11.9 Å². The number of fused-ring (bicyclic) bond motifs is 2. The van der Waals surface area contributed by atoms with E-state index in [1.165, 1.54) is 11.8 Å². The molecule has 1 fully saturated rings. The van der Waals surface area contributed by atoms with Crippen LogP contribution in [0.5, 0.6) is 5.75 Å². The minimum absolute atomic E-state index is 0.0222. The van der Waals surface area contributed by atoms with Crippen LogP contribution in [0.4, 0.5) is 5.69 Å². The van der Waals surface area contributed by atoms with Crippen LogP contribution >= 0.6 is 0 Å². The Labute approximate surface area is 206 Å². The Hall–Kier alpha value is -3.79. The van der Waals surface area contributed by atoms with Gasteiger partial charge in [-0.25, -0.2) is 4.58 Å². The van der Waals surface area contributed by atoms with E-state index in [-0.39, 0.29) is 35.6 Å². The van der Waals surface area contributed by atoms with Crippen LogP contribution in [0.15, 0.2) is 36.4 Å². The zero-order valence-electron chi connectivity index (χ0n) is 20.6. The second kappa shape index (κ2) is 9.83. The quantitative estimate of drug-likeness (QED) is 0.530. The molecule has 3 unspecified atom stereocenters. The van der Waals surface area contributed by atoms with E-state index in [2.05, 4.69) is 15.8 Å². The van der Waals surface area contributed by atoms with Crippen molar-refractivity contribution in [1.29, 1.82) is 0 Å². The third-order valence-electron chi connectivity index (χ3n) is 7.09. The van der Waals surface area contributed by atoms with Gasteiger partial charge in [0.15, 0.2) is 5.71 Å². The lowest BCUT2D eigenvalue weighted by molar-refractivity contribution is -0.468. The van der Waals surface area contributed by atoms with Crippen molar-refractivity contribution in [2.75, 3.05) is 39.6 Å². The number of terminal acetylenes is 1. The fourth-order valence-electron chi connectivity index (χ4n) is 5.25. The summed E-state index contributed by atoms with van der Waals surface area (Å²) >= 11 is 0. The van der Waals surface area contributed by atoms with E-state index >= 15 is 0 Å². The zero-order chi connectivity index (χ0) is 25.3. The molecule has 1 heterocycles. The lowest BCUT2D eigenvalue weighted by Gasteiger charge is -2.43. The fraction of sp³-hybridized carbons (Fsp3) is 0.393. The number of nitrogens with zero attached hydrogens (tertiary/aromatic N) is 2. The molecule has 2 aliphatic rings. The average Bonchev–Trinajstić information content (AvgIpc) is 2.84. The summed E-state index contributed by atoms with van der Waals surface area (Å²) in [5.41, 5.74) is 4.18. The van der Waals surface area contributed by atoms with Crippen molar-refractivity contribution in [3.8, 4) is 18.1 Å². The molecule has 4 rings (SSSR count). The second-order valence-corrected chi connectivity index (χ2v) is 9.59. The lowest BCUT2D eigenvalue weighted by atomic mass is 9.68. The predicted molar refractivity (Wildman–Crippen MR) is 133 cm³/mol. The Bertz CT molecular complexity index is 1240. The highest BCUT2D eigenvalue weighted by Gasteiger charge is 2.44. The molecule has 0 saturated heterocycles. The van der Waals surface area contributed by atoms with Crippen molar-refractivity contribution in [3.05, 3.63) is 58.7 Å². The van der Waals surface area contributed by atoms with Gasteiger partial charge in [0, 0.05) is 60.8 Å². The topological polar surface area (TPSA) is 84.7 Å². The van der Waals surface area contributed by atoms with Gasteiger partial charge in [0.05, 0.1) is 18.9 Å². The maximum absolute atomic E-state index is 12.4. The summed E-state index contributed by atoms with van der Waals surface area (Å²) in [4.78, 5) is 26.7. The number of aromatic carboxylic acids is 1. The van der Waals surface area contributed by atoms with Crippen molar-refractivity contribution in [2.24, 2.45) is 5.92 Å². The zero-order valence-corrected chi connectivity index (χ0v) is 20.6. The van der Waals surface area contributed by atoms with Crippen LogP contribution < -0.4 is 20.1 Å². The molecular weight excluding hydrogens is 442 g/mol. The van der Waals surface area contributed by atoms with E-state index in [9.17, 15) is 14.7 Å². The largest absolute Gasteiger partial charge is 0.545 e. The first kappa shape index (κ1) is 24.3. The van der Waals surface area contributed by atoms with Gasteiger partial charge < -0.3 is 24.9 Å². The Kier molecular flexibility index (Phi) is 6.83. The molecule has 182 valence electrons. The molecule has 1 saturated carbocycles. The molecule has 0 aromatic heterocycles. The van der Waals surface area contributed by atoms with E-state index in [0.717, 1.165) is 36.3 Å². The molecule has 0 spiro atoms. The van der Waals surface area contributed by atoms with Crippen LogP contribution in [0.2, 0.25) is 0 Å². The van der Waals surface area contributed by atoms with Gasteiger partial charge in [0.25, 0.3) is 5.91 Å². The monoisotopic (exact) mass is 473 g/mol. The van der Waals surface area contributed by atoms with Gasteiger partial charge in [0.1, 0.15) is 25.9 Å². The van der Waals surface area contributed by atoms with Crippen LogP contribution in [0, 0.1) is 18.3 Å².